The van der Waals surface area contributed by atoms with Crippen LogP contribution in [0.5, 0.6) is 0 Å². The van der Waals surface area contributed by atoms with E-state index >= 15 is 0 Å². The van der Waals surface area contributed by atoms with E-state index in [1.165, 1.54) is 0 Å². The maximum Gasteiger partial charge on any atom is 0.333 e. The first-order chi connectivity index (χ1) is 15.5. The van der Waals surface area contributed by atoms with Gasteiger partial charge in [0.05, 0.1) is 25.9 Å². The number of rotatable bonds is 10. The third-order valence-electron chi connectivity index (χ3n) is 5.99. The predicted octanol–water partition coefficient (Wildman–Crippen LogP) is 4.74. The second-order valence-corrected chi connectivity index (χ2v) is 8.21. The fourth-order valence-electron chi connectivity index (χ4n) is 4.24. The molecule has 0 bridgehead atoms. The van der Waals surface area contributed by atoms with Crippen LogP contribution in [0.1, 0.15) is 32.3 Å². The third kappa shape index (κ3) is 6.15. The van der Waals surface area contributed by atoms with Gasteiger partial charge in [-0.1, -0.05) is 54.1 Å². The molecule has 0 amide bonds. The van der Waals surface area contributed by atoms with E-state index in [-0.39, 0.29) is 23.7 Å². The zero-order valence-corrected chi connectivity index (χ0v) is 18.9. The summed E-state index contributed by atoms with van der Waals surface area (Å²) in [5.41, 5.74) is 2.59. The Morgan fingerprint density at radius 1 is 1.19 bits per heavy atom. The van der Waals surface area contributed by atoms with Crippen LogP contribution in [0.2, 0.25) is 0 Å². The number of benzene rings is 1. The molecular weight excluding hydrogens is 404 g/mol. The van der Waals surface area contributed by atoms with Crippen LogP contribution in [0.4, 0.5) is 0 Å². The average Bonchev–Trinajstić information content (AvgIpc) is 3.17. The van der Waals surface area contributed by atoms with E-state index in [1.54, 1.807) is 25.2 Å². The van der Waals surface area contributed by atoms with E-state index < -0.39 is 12.1 Å². The zero-order chi connectivity index (χ0) is 22.9. The maximum absolute atomic E-state index is 12.8. The molecule has 5 heteroatoms. The molecule has 0 radical (unpaired) electrons. The first-order valence-corrected chi connectivity index (χ1v) is 11.1. The fraction of sp³-hybridized carbons (Fsp3) is 0.407. The summed E-state index contributed by atoms with van der Waals surface area (Å²) in [7, 11) is 0. The van der Waals surface area contributed by atoms with E-state index in [1.807, 2.05) is 49.4 Å². The van der Waals surface area contributed by atoms with Crippen molar-refractivity contribution in [1.82, 2.24) is 0 Å². The molecule has 5 nitrogen and oxygen atoms in total. The number of allylic oxidation sites excluding steroid dienone is 2. The van der Waals surface area contributed by atoms with Gasteiger partial charge in [-0.3, -0.25) is 4.79 Å². The Kier molecular flexibility index (Phi) is 8.77. The topological polar surface area (TPSA) is 61.8 Å². The van der Waals surface area contributed by atoms with Crippen molar-refractivity contribution in [3.63, 3.8) is 0 Å². The van der Waals surface area contributed by atoms with Gasteiger partial charge in [0, 0.05) is 17.9 Å². The van der Waals surface area contributed by atoms with Gasteiger partial charge in [0.15, 0.2) is 5.78 Å². The summed E-state index contributed by atoms with van der Waals surface area (Å²) in [4.78, 5) is 24.9. The van der Waals surface area contributed by atoms with Gasteiger partial charge in [0.2, 0.25) is 0 Å². The summed E-state index contributed by atoms with van der Waals surface area (Å²) in [6, 6.07) is 9.88. The van der Waals surface area contributed by atoms with Crippen molar-refractivity contribution in [2.24, 2.45) is 11.8 Å². The number of hydrogen-bond acceptors (Lipinski definition) is 5. The lowest BCUT2D eigenvalue weighted by molar-refractivity contribution is -0.162. The molecular formula is C27H32O5. The number of carbonyl (C=O) groups excluding carboxylic acids is 2. The van der Waals surface area contributed by atoms with Crippen LogP contribution >= 0.6 is 0 Å². The summed E-state index contributed by atoms with van der Waals surface area (Å²) in [6.45, 7) is 8.86. The third-order valence-corrected chi connectivity index (χ3v) is 5.99. The number of ether oxygens (including phenoxy) is 3. The van der Waals surface area contributed by atoms with Crippen LogP contribution in [0, 0.1) is 11.8 Å². The van der Waals surface area contributed by atoms with Crippen LogP contribution in [-0.4, -0.2) is 37.2 Å². The Balaban J connectivity index is 1.72. The van der Waals surface area contributed by atoms with E-state index in [4.69, 9.17) is 14.2 Å². The SMILES string of the molecule is C=C[C@H]1[C@H](OC(=O)/C(C)=C/COC/C=C/C)[C@@H](OCc2ccccc2)CC2=CC(=O)C[C@@H]21. The van der Waals surface area contributed by atoms with Gasteiger partial charge in [-0.2, -0.15) is 0 Å². The molecule has 0 N–H and O–H groups in total. The summed E-state index contributed by atoms with van der Waals surface area (Å²) in [6.07, 6.45) is 9.20. The van der Waals surface area contributed by atoms with Crippen molar-refractivity contribution < 1.29 is 23.8 Å². The van der Waals surface area contributed by atoms with Crippen molar-refractivity contribution in [2.45, 2.75) is 45.5 Å². The largest absolute Gasteiger partial charge is 0.456 e. The molecule has 1 aromatic rings. The van der Waals surface area contributed by atoms with E-state index in [2.05, 4.69) is 6.58 Å². The molecule has 1 fully saturated rings. The normalized spacial score (nSPS) is 25.5. The number of ketones is 1. The molecule has 0 aliphatic heterocycles. The summed E-state index contributed by atoms with van der Waals surface area (Å²) in [5, 5.41) is 0. The van der Waals surface area contributed by atoms with Crippen molar-refractivity contribution in [1.29, 1.82) is 0 Å². The van der Waals surface area contributed by atoms with Gasteiger partial charge >= 0.3 is 5.97 Å². The van der Waals surface area contributed by atoms with Gasteiger partial charge in [0.25, 0.3) is 0 Å². The minimum Gasteiger partial charge on any atom is -0.456 e. The second kappa shape index (κ2) is 11.7. The average molecular weight is 437 g/mol. The van der Waals surface area contributed by atoms with Crippen LogP contribution in [0.15, 0.2) is 78.4 Å². The van der Waals surface area contributed by atoms with Crippen LogP contribution in [0.25, 0.3) is 0 Å². The van der Waals surface area contributed by atoms with Gasteiger partial charge in [-0.15, -0.1) is 6.58 Å². The molecule has 170 valence electrons. The number of hydrogen-bond donors (Lipinski definition) is 0. The first-order valence-electron chi connectivity index (χ1n) is 11.1. The molecule has 0 saturated heterocycles. The molecule has 0 aromatic heterocycles. The molecule has 0 heterocycles. The maximum atomic E-state index is 12.8. The van der Waals surface area contributed by atoms with Gasteiger partial charge < -0.3 is 14.2 Å². The molecule has 0 spiro atoms. The Morgan fingerprint density at radius 3 is 2.69 bits per heavy atom. The monoisotopic (exact) mass is 436 g/mol. The summed E-state index contributed by atoms with van der Waals surface area (Å²) in [5.74, 6) is -0.450. The lowest BCUT2D eigenvalue weighted by atomic mass is 9.73. The Labute approximate surface area is 190 Å². The molecule has 2 aliphatic carbocycles. The number of carbonyl (C=O) groups is 2. The van der Waals surface area contributed by atoms with Gasteiger partial charge in [-0.25, -0.2) is 4.79 Å². The zero-order valence-electron chi connectivity index (χ0n) is 18.9. The highest BCUT2D eigenvalue weighted by Gasteiger charge is 2.46. The number of fused-ring (bicyclic) bond motifs is 1. The predicted molar refractivity (Wildman–Crippen MR) is 124 cm³/mol. The quantitative estimate of drug-likeness (QED) is 0.229. The fourth-order valence-corrected chi connectivity index (χ4v) is 4.24. The van der Waals surface area contributed by atoms with E-state index in [0.29, 0.717) is 38.2 Å². The lowest BCUT2D eigenvalue weighted by Gasteiger charge is -2.40. The van der Waals surface area contributed by atoms with E-state index in [0.717, 1.165) is 11.1 Å². The van der Waals surface area contributed by atoms with Crippen molar-refractivity contribution >= 4 is 11.8 Å². The molecule has 2 aliphatic rings. The Bertz CT molecular complexity index is 896. The van der Waals surface area contributed by atoms with Crippen molar-refractivity contribution in [3.05, 3.63) is 84.0 Å². The molecule has 1 saturated carbocycles. The summed E-state index contributed by atoms with van der Waals surface area (Å²) < 4.78 is 17.6. The molecule has 4 atom stereocenters. The van der Waals surface area contributed by atoms with Crippen LogP contribution < -0.4 is 0 Å². The van der Waals surface area contributed by atoms with Crippen LogP contribution in [0.3, 0.4) is 0 Å². The first kappa shape index (κ1) is 23.9. The Hall–Kier alpha value is -2.76. The number of esters is 1. The smallest absolute Gasteiger partial charge is 0.333 e. The van der Waals surface area contributed by atoms with Crippen molar-refractivity contribution in [3.8, 4) is 0 Å². The standard InChI is InChI=1S/C27H32O5/c1-4-6-13-30-14-12-19(3)27(29)32-26-23(5-2)24-17-22(28)15-21(24)16-25(26)31-18-20-10-8-7-9-11-20/h4-12,15,23-26H,2,13-14,16-18H2,1,3H3/b6-4+,19-12+/t23-,24+,25+,26+/m1/s1. The highest BCUT2D eigenvalue weighted by molar-refractivity contribution is 5.93. The highest BCUT2D eigenvalue weighted by atomic mass is 16.6. The van der Waals surface area contributed by atoms with E-state index in [9.17, 15) is 9.59 Å². The lowest BCUT2D eigenvalue weighted by Crippen LogP contribution is -2.46. The Morgan fingerprint density at radius 2 is 1.97 bits per heavy atom. The minimum atomic E-state index is -0.510. The molecule has 32 heavy (non-hydrogen) atoms. The second-order valence-electron chi connectivity index (χ2n) is 8.21. The summed E-state index contributed by atoms with van der Waals surface area (Å²) >= 11 is 0. The van der Waals surface area contributed by atoms with Crippen molar-refractivity contribution in [2.75, 3.05) is 13.2 Å². The molecule has 0 unspecified atom stereocenters. The van der Waals surface area contributed by atoms with Crippen LogP contribution in [-0.2, 0) is 30.4 Å². The highest BCUT2D eigenvalue weighted by Crippen LogP contribution is 2.44. The van der Waals surface area contributed by atoms with Gasteiger partial charge in [0.1, 0.15) is 6.10 Å². The molecule has 1 aromatic carbocycles. The van der Waals surface area contributed by atoms with Gasteiger partial charge in [-0.05, 0) is 43.9 Å². The molecule has 3 rings (SSSR count). The minimum absolute atomic E-state index is 0.0165.